The maximum absolute atomic E-state index is 12.7. The zero-order chi connectivity index (χ0) is 51.7. The van der Waals surface area contributed by atoms with Crippen molar-refractivity contribution in [3.8, 4) is 0 Å². The van der Waals surface area contributed by atoms with Gasteiger partial charge >= 0.3 is 19.8 Å². The first-order valence-electron chi connectivity index (χ1n) is 29.8. The quantitative estimate of drug-likeness (QED) is 0.0264. The van der Waals surface area contributed by atoms with Crippen LogP contribution in [0.1, 0.15) is 284 Å². The zero-order valence-corrected chi connectivity index (χ0v) is 47.1. The first-order chi connectivity index (χ1) is 34.8. The first kappa shape index (κ1) is 68.7. The SMILES string of the molecule is CC/C=C\C/C=C\C/C=C\C/C=C\C/C=C\CCCCCCCCCCCCCC(=O)OC(COC(=O)CCCCCCCCCCCCCCCCCCCCCCCCC)COP(=O)(O)OCCN. The van der Waals surface area contributed by atoms with Crippen molar-refractivity contribution in [3.05, 3.63) is 60.8 Å². The molecule has 414 valence electrons. The zero-order valence-electron chi connectivity index (χ0n) is 46.2. The van der Waals surface area contributed by atoms with Gasteiger partial charge in [0.25, 0.3) is 0 Å². The van der Waals surface area contributed by atoms with Gasteiger partial charge in [0.1, 0.15) is 6.61 Å². The highest BCUT2D eigenvalue weighted by molar-refractivity contribution is 7.47. The van der Waals surface area contributed by atoms with Gasteiger partial charge in [-0.25, -0.2) is 4.57 Å². The predicted octanol–water partition coefficient (Wildman–Crippen LogP) is 18.7. The summed E-state index contributed by atoms with van der Waals surface area (Å²) in [4.78, 5) is 35.2. The molecule has 0 aliphatic carbocycles. The third-order valence-corrected chi connectivity index (χ3v) is 13.9. The van der Waals surface area contributed by atoms with Crippen LogP contribution in [0.15, 0.2) is 60.8 Å². The van der Waals surface area contributed by atoms with Gasteiger partial charge < -0.3 is 20.1 Å². The van der Waals surface area contributed by atoms with Gasteiger partial charge in [-0.2, -0.15) is 0 Å². The summed E-state index contributed by atoms with van der Waals surface area (Å²) in [5.41, 5.74) is 5.39. The van der Waals surface area contributed by atoms with E-state index in [0.717, 1.165) is 77.0 Å². The minimum atomic E-state index is -4.39. The molecule has 2 unspecified atom stereocenters. The second kappa shape index (κ2) is 57.0. The van der Waals surface area contributed by atoms with Crippen molar-refractivity contribution < 1.29 is 37.6 Å². The van der Waals surface area contributed by atoms with E-state index in [-0.39, 0.29) is 38.6 Å². The fourth-order valence-corrected chi connectivity index (χ4v) is 9.31. The molecule has 0 aromatic rings. The molecule has 0 saturated carbocycles. The molecule has 0 amide bonds. The minimum absolute atomic E-state index is 0.0526. The summed E-state index contributed by atoms with van der Waals surface area (Å²) < 4.78 is 33.1. The molecule has 0 radical (unpaired) electrons. The van der Waals surface area contributed by atoms with Crippen molar-refractivity contribution in [1.29, 1.82) is 0 Å². The molecule has 0 heterocycles. The monoisotopic (exact) mass is 1020 g/mol. The number of carbonyl (C=O) groups excluding carboxylic acids is 2. The fraction of sp³-hybridized carbons (Fsp3) is 0.803. The summed E-state index contributed by atoms with van der Waals surface area (Å²) in [6.45, 7) is 3.67. The average Bonchev–Trinajstić information content (AvgIpc) is 3.36. The lowest BCUT2D eigenvalue weighted by molar-refractivity contribution is -0.161. The van der Waals surface area contributed by atoms with Gasteiger partial charge in [-0.3, -0.25) is 18.6 Å². The van der Waals surface area contributed by atoms with E-state index in [9.17, 15) is 19.0 Å². The van der Waals surface area contributed by atoms with Gasteiger partial charge in [-0.05, 0) is 57.8 Å². The molecule has 71 heavy (non-hydrogen) atoms. The van der Waals surface area contributed by atoms with Gasteiger partial charge in [0.2, 0.25) is 0 Å². The van der Waals surface area contributed by atoms with Crippen LogP contribution in [0.5, 0.6) is 0 Å². The first-order valence-corrected chi connectivity index (χ1v) is 31.3. The molecule has 0 fully saturated rings. The van der Waals surface area contributed by atoms with Crippen molar-refractivity contribution in [3.63, 3.8) is 0 Å². The number of rotatable bonds is 56. The van der Waals surface area contributed by atoms with E-state index in [0.29, 0.717) is 6.42 Å². The third-order valence-electron chi connectivity index (χ3n) is 12.9. The Hall–Kier alpha value is -2.29. The van der Waals surface area contributed by atoms with Crippen molar-refractivity contribution in [2.45, 2.75) is 290 Å². The fourth-order valence-electron chi connectivity index (χ4n) is 8.55. The largest absolute Gasteiger partial charge is 0.472 e. The summed E-state index contributed by atoms with van der Waals surface area (Å²) in [5.74, 6) is -0.820. The Balaban J connectivity index is 3.95. The number of unbranched alkanes of at least 4 members (excludes halogenated alkanes) is 33. The maximum Gasteiger partial charge on any atom is 0.472 e. The van der Waals surface area contributed by atoms with Crippen LogP contribution in [0.3, 0.4) is 0 Å². The lowest BCUT2D eigenvalue weighted by Crippen LogP contribution is -2.29. The highest BCUT2D eigenvalue weighted by atomic mass is 31.2. The highest BCUT2D eigenvalue weighted by Crippen LogP contribution is 2.43. The molecule has 2 atom stereocenters. The number of hydrogen-bond acceptors (Lipinski definition) is 8. The van der Waals surface area contributed by atoms with E-state index in [4.69, 9.17) is 24.3 Å². The Morgan fingerprint density at radius 2 is 0.775 bits per heavy atom. The minimum Gasteiger partial charge on any atom is -0.462 e. The van der Waals surface area contributed by atoms with Crippen LogP contribution in [0.4, 0.5) is 0 Å². The lowest BCUT2D eigenvalue weighted by atomic mass is 10.0. The highest BCUT2D eigenvalue weighted by Gasteiger charge is 2.26. The summed E-state index contributed by atoms with van der Waals surface area (Å²) in [7, 11) is -4.39. The third kappa shape index (κ3) is 56.9. The smallest absolute Gasteiger partial charge is 0.462 e. The van der Waals surface area contributed by atoms with E-state index < -0.39 is 26.5 Å². The number of nitrogens with two attached hydrogens (primary N) is 1. The van der Waals surface area contributed by atoms with Crippen LogP contribution in [-0.4, -0.2) is 49.3 Å². The average molecular weight is 1020 g/mol. The van der Waals surface area contributed by atoms with Gasteiger partial charge in [0, 0.05) is 19.4 Å². The molecule has 0 rings (SSSR count). The van der Waals surface area contributed by atoms with E-state index in [2.05, 4.69) is 74.6 Å². The Kier molecular flexibility index (Phi) is 55.2. The number of carbonyl (C=O) groups is 2. The van der Waals surface area contributed by atoms with Gasteiger partial charge in [0.15, 0.2) is 6.10 Å². The van der Waals surface area contributed by atoms with Gasteiger partial charge in [-0.15, -0.1) is 0 Å². The summed E-state index contributed by atoms with van der Waals surface area (Å²) in [6.07, 6.45) is 71.3. The van der Waals surface area contributed by atoms with E-state index >= 15 is 0 Å². The summed E-state index contributed by atoms with van der Waals surface area (Å²) in [6, 6.07) is 0. The van der Waals surface area contributed by atoms with Gasteiger partial charge in [0.05, 0.1) is 13.2 Å². The van der Waals surface area contributed by atoms with Crippen molar-refractivity contribution in [1.82, 2.24) is 0 Å². The second-order valence-corrected chi connectivity index (χ2v) is 21.3. The van der Waals surface area contributed by atoms with Gasteiger partial charge in [-0.1, -0.05) is 274 Å². The summed E-state index contributed by atoms with van der Waals surface area (Å²) >= 11 is 0. The number of hydrogen-bond donors (Lipinski definition) is 2. The molecule has 0 aliphatic rings. The Morgan fingerprint density at radius 1 is 0.437 bits per heavy atom. The van der Waals surface area contributed by atoms with E-state index in [1.165, 1.54) is 173 Å². The number of phosphoric ester groups is 1. The lowest BCUT2D eigenvalue weighted by Gasteiger charge is -2.19. The number of ether oxygens (including phenoxy) is 2. The summed E-state index contributed by atoms with van der Waals surface area (Å²) in [5, 5.41) is 0. The molecule has 0 spiro atoms. The Morgan fingerprint density at radius 3 is 1.15 bits per heavy atom. The molecule has 0 aromatic carbocycles. The number of esters is 2. The topological polar surface area (TPSA) is 134 Å². The van der Waals surface area contributed by atoms with E-state index in [1.54, 1.807) is 0 Å². The Labute approximate surface area is 438 Å². The molecule has 10 heteroatoms. The Bertz CT molecular complexity index is 1350. The van der Waals surface area contributed by atoms with Crippen LogP contribution in [-0.2, 0) is 32.7 Å². The van der Waals surface area contributed by atoms with Crippen LogP contribution < -0.4 is 5.73 Å². The second-order valence-electron chi connectivity index (χ2n) is 19.8. The van der Waals surface area contributed by atoms with E-state index in [1.807, 2.05) is 0 Å². The van der Waals surface area contributed by atoms with Crippen LogP contribution in [0, 0.1) is 0 Å². The van der Waals surface area contributed by atoms with Crippen LogP contribution in [0.2, 0.25) is 0 Å². The normalized spacial score (nSPS) is 13.5. The van der Waals surface area contributed by atoms with Crippen LogP contribution in [0.25, 0.3) is 0 Å². The molecule has 3 N–H and O–H groups in total. The molecular weight excluding hydrogens is 906 g/mol. The number of phosphoric acid groups is 1. The molecular formula is C61H112NO8P. The molecule has 0 aliphatic heterocycles. The van der Waals surface area contributed by atoms with Crippen molar-refractivity contribution in [2.24, 2.45) is 5.73 Å². The standard InChI is InChI=1S/C61H112NO8P/c1-3-5-7-9-11-13-15-17-19-21-23-25-27-28-29-30-32-34-36-38-40-42-44-46-48-50-52-54-61(64)70-59(58-69-71(65,66)68-56-55-62)57-67-60(63)53-51-49-47-45-43-41-39-37-35-33-31-26-24-22-20-18-16-14-12-10-8-6-4-2/h5,7,11,13,17,19,23,25,28-29,59H,3-4,6,8-10,12,14-16,18,20-22,24,26-27,30-58,62H2,1-2H3,(H,65,66)/b7-5-,13-11-,19-17-,25-23-,29-28-. The van der Waals surface area contributed by atoms with Crippen molar-refractivity contribution in [2.75, 3.05) is 26.4 Å². The molecule has 0 bridgehead atoms. The molecule has 0 aromatic heterocycles. The van der Waals surface area contributed by atoms with Crippen molar-refractivity contribution >= 4 is 19.8 Å². The van der Waals surface area contributed by atoms with Crippen LogP contribution >= 0.6 is 7.82 Å². The predicted molar refractivity (Wildman–Crippen MR) is 303 cm³/mol. The molecule has 9 nitrogen and oxygen atoms in total. The maximum atomic E-state index is 12.7. The number of allylic oxidation sites excluding steroid dienone is 10. The molecule has 0 saturated heterocycles.